The Morgan fingerprint density at radius 2 is 1.91 bits per heavy atom. The number of anilines is 2. The van der Waals surface area contributed by atoms with Crippen molar-refractivity contribution in [2.75, 3.05) is 23.8 Å². The highest BCUT2D eigenvalue weighted by molar-refractivity contribution is 7.21. The third-order valence-corrected chi connectivity index (χ3v) is 7.70. The van der Waals surface area contributed by atoms with E-state index in [1.165, 1.54) is 12.8 Å². The quantitative estimate of drug-likeness (QED) is 0.336. The second-order valence-corrected chi connectivity index (χ2v) is 10.2. The van der Waals surface area contributed by atoms with Crippen LogP contribution in [0.1, 0.15) is 37.1 Å². The molecule has 0 saturated heterocycles. The Hall–Kier alpha value is -2.40. The second kappa shape index (κ2) is 9.09. The maximum Gasteiger partial charge on any atom is 0.224 e. The van der Waals surface area contributed by atoms with Crippen LogP contribution in [0.4, 0.5) is 11.8 Å². The van der Waals surface area contributed by atoms with Gasteiger partial charge in [0.2, 0.25) is 5.95 Å². The molecule has 3 aromatic rings. The van der Waals surface area contributed by atoms with Crippen molar-refractivity contribution >= 4 is 33.3 Å². The standard InChI is InChI=1S/C23H30N6O3S/c1-11-17(22-28-18-12(2)24-7-5-16(18)33-22)21(29-23(26-11)25-10-13-3-4-13)27-15-9-14(6-8-30)19(31)20(15)32/h5,7,13-15,19-20,30-32H,3-4,6,8-10H2,1-2H3,(H2,25,26,27,29)/t14-,15+,19+,20-/m0/s1. The lowest BCUT2D eigenvalue weighted by molar-refractivity contribution is 0.0124. The highest BCUT2D eigenvalue weighted by Gasteiger charge is 2.41. The summed E-state index contributed by atoms with van der Waals surface area (Å²) in [4.78, 5) is 18.7. The molecule has 0 spiro atoms. The van der Waals surface area contributed by atoms with Gasteiger partial charge in [0.05, 0.1) is 33.8 Å². The average molecular weight is 471 g/mol. The van der Waals surface area contributed by atoms with Gasteiger partial charge < -0.3 is 26.0 Å². The number of nitrogens with one attached hydrogen (secondary N) is 2. The molecule has 0 amide bonds. The van der Waals surface area contributed by atoms with Crippen molar-refractivity contribution in [1.82, 2.24) is 19.9 Å². The fourth-order valence-corrected chi connectivity index (χ4v) is 5.67. The lowest BCUT2D eigenvalue weighted by Gasteiger charge is -2.21. The molecule has 3 aromatic heterocycles. The van der Waals surface area contributed by atoms with Crippen LogP contribution in [0.15, 0.2) is 12.3 Å². The van der Waals surface area contributed by atoms with Gasteiger partial charge in [-0.15, -0.1) is 11.3 Å². The molecule has 176 valence electrons. The molecule has 2 aliphatic carbocycles. The van der Waals surface area contributed by atoms with Crippen LogP contribution in [0, 0.1) is 25.7 Å². The van der Waals surface area contributed by atoms with Crippen molar-refractivity contribution in [1.29, 1.82) is 0 Å². The highest BCUT2D eigenvalue weighted by Crippen LogP contribution is 2.39. The predicted octanol–water partition coefficient (Wildman–Crippen LogP) is 2.49. The van der Waals surface area contributed by atoms with Crippen LogP contribution in [-0.2, 0) is 0 Å². The lowest BCUT2D eigenvalue weighted by Crippen LogP contribution is -2.35. The molecule has 10 heteroatoms. The molecule has 3 heterocycles. The Labute approximate surface area is 196 Å². The van der Waals surface area contributed by atoms with Crippen LogP contribution < -0.4 is 10.6 Å². The smallest absolute Gasteiger partial charge is 0.224 e. The Balaban J connectivity index is 1.52. The number of aliphatic hydroxyl groups is 3. The molecule has 2 saturated carbocycles. The third-order valence-electron chi connectivity index (χ3n) is 6.66. The maximum absolute atomic E-state index is 10.7. The second-order valence-electron chi connectivity index (χ2n) is 9.18. The van der Waals surface area contributed by atoms with Gasteiger partial charge in [-0.2, -0.15) is 4.98 Å². The SMILES string of the molecule is Cc1nc(NCC2CC2)nc(N[C@@H]2C[C@H](CCO)[C@@H](O)[C@H]2O)c1-c1nc2c(C)nccc2s1. The molecule has 0 bridgehead atoms. The Morgan fingerprint density at radius 3 is 2.64 bits per heavy atom. The molecule has 4 atom stereocenters. The topological polar surface area (TPSA) is 136 Å². The molecular formula is C23H30N6O3S. The van der Waals surface area contributed by atoms with Crippen LogP contribution >= 0.6 is 11.3 Å². The van der Waals surface area contributed by atoms with Gasteiger partial charge >= 0.3 is 0 Å². The Bertz CT molecular complexity index is 1150. The number of aromatic nitrogens is 4. The normalized spacial score (nSPS) is 25.0. The predicted molar refractivity (Wildman–Crippen MR) is 128 cm³/mol. The summed E-state index contributed by atoms with van der Waals surface area (Å²) >= 11 is 1.56. The number of hydrogen-bond acceptors (Lipinski definition) is 10. The Kier molecular flexibility index (Phi) is 6.17. The number of pyridine rings is 1. The van der Waals surface area contributed by atoms with Crippen LogP contribution in [0.2, 0.25) is 0 Å². The van der Waals surface area contributed by atoms with Crippen LogP contribution in [0.25, 0.3) is 20.8 Å². The zero-order valence-corrected chi connectivity index (χ0v) is 19.6. The van der Waals surface area contributed by atoms with E-state index in [1.54, 1.807) is 17.5 Å². The summed E-state index contributed by atoms with van der Waals surface area (Å²) < 4.78 is 1.04. The minimum absolute atomic E-state index is 0.0205. The van der Waals surface area contributed by atoms with E-state index in [2.05, 4.69) is 15.6 Å². The van der Waals surface area contributed by atoms with E-state index < -0.39 is 18.2 Å². The van der Waals surface area contributed by atoms with Crippen LogP contribution in [-0.4, -0.2) is 66.7 Å². The van der Waals surface area contributed by atoms with Gasteiger partial charge in [0.15, 0.2) is 0 Å². The number of hydrogen-bond donors (Lipinski definition) is 5. The van der Waals surface area contributed by atoms with Gasteiger partial charge in [0, 0.05) is 19.3 Å². The summed E-state index contributed by atoms with van der Waals surface area (Å²) in [6, 6.07) is 1.56. The zero-order chi connectivity index (χ0) is 23.1. The van der Waals surface area contributed by atoms with Crippen molar-refractivity contribution in [3.63, 3.8) is 0 Å². The summed E-state index contributed by atoms with van der Waals surface area (Å²) in [5, 5.41) is 38.0. The monoisotopic (exact) mass is 470 g/mol. The molecule has 33 heavy (non-hydrogen) atoms. The van der Waals surface area contributed by atoms with Crippen molar-refractivity contribution in [3.05, 3.63) is 23.7 Å². The Morgan fingerprint density at radius 1 is 1.09 bits per heavy atom. The van der Waals surface area contributed by atoms with Gasteiger partial charge in [0.25, 0.3) is 0 Å². The first kappa shape index (κ1) is 22.4. The fourth-order valence-electron chi connectivity index (χ4n) is 4.56. The zero-order valence-electron chi connectivity index (χ0n) is 18.8. The van der Waals surface area contributed by atoms with Crippen molar-refractivity contribution in [2.24, 2.45) is 11.8 Å². The first-order valence-corrected chi connectivity index (χ1v) is 12.3. The molecule has 2 fully saturated rings. The first-order valence-electron chi connectivity index (χ1n) is 11.5. The minimum Gasteiger partial charge on any atom is -0.396 e. The molecule has 2 aliphatic rings. The van der Waals surface area contributed by atoms with Gasteiger partial charge in [0.1, 0.15) is 22.4 Å². The van der Waals surface area contributed by atoms with Gasteiger partial charge in [-0.1, -0.05) is 0 Å². The summed E-state index contributed by atoms with van der Waals surface area (Å²) in [6.07, 6.45) is 3.40. The molecule has 5 rings (SSSR count). The number of aryl methyl sites for hydroxylation is 2. The van der Waals surface area contributed by atoms with Crippen LogP contribution in [0.3, 0.4) is 0 Å². The van der Waals surface area contributed by atoms with Crippen molar-refractivity contribution < 1.29 is 15.3 Å². The van der Waals surface area contributed by atoms with Crippen LogP contribution in [0.5, 0.6) is 0 Å². The molecule has 5 N–H and O–H groups in total. The molecule has 0 radical (unpaired) electrons. The largest absolute Gasteiger partial charge is 0.396 e. The summed E-state index contributed by atoms with van der Waals surface area (Å²) in [7, 11) is 0. The highest BCUT2D eigenvalue weighted by atomic mass is 32.1. The molecule has 9 nitrogen and oxygen atoms in total. The number of rotatable bonds is 8. The number of fused-ring (bicyclic) bond motifs is 1. The van der Waals surface area contributed by atoms with E-state index >= 15 is 0 Å². The van der Waals surface area contributed by atoms with Gasteiger partial charge in [-0.05, 0) is 57.4 Å². The number of thiazole rings is 1. The minimum atomic E-state index is -0.950. The fraction of sp³-hybridized carbons (Fsp3) is 0.565. The summed E-state index contributed by atoms with van der Waals surface area (Å²) in [5.74, 6) is 1.64. The maximum atomic E-state index is 10.7. The average Bonchev–Trinajstić information content (AvgIpc) is 3.46. The van der Waals surface area contributed by atoms with E-state index in [9.17, 15) is 15.3 Å². The van der Waals surface area contributed by atoms with E-state index in [0.717, 1.165) is 38.7 Å². The van der Waals surface area contributed by atoms with E-state index in [1.807, 2.05) is 19.9 Å². The van der Waals surface area contributed by atoms with Crippen molar-refractivity contribution in [3.8, 4) is 10.6 Å². The first-order chi connectivity index (χ1) is 15.9. The number of nitrogens with zero attached hydrogens (tertiary/aromatic N) is 4. The van der Waals surface area contributed by atoms with E-state index in [-0.39, 0.29) is 12.5 Å². The molecular weight excluding hydrogens is 440 g/mol. The van der Waals surface area contributed by atoms with E-state index in [4.69, 9.17) is 15.0 Å². The molecule has 0 aromatic carbocycles. The lowest BCUT2D eigenvalue weighted by atomic mass is 10.0. The van der Waals surface area contributed by atoms with Gasteiger partial charge in [-0.25, -0.2) is 9.97 Å². The van der Waals surface area contributed by atoms with Gasteiger partial charge in [-0.3, -0.25) is 4.98 Å². The molecule has 0 aliphatic heterocycles. The number of aliphatic hydroxyl groups excluding tert-OH is 3. The molecule has 0 unspecified atom stereocenters. The third kappa shape index (κ3) is 4.52. The van der Waals surface area contributed by atoms with Crippen molar-refractivity contribution in [2.45, 2.75) is 57.8 Å². The van der Waals surface area contributed by atoms with E-state index in [0.29, 0.717) is 30.5 Å². The summed E-state index contributed by atoms with van der Waals surface area (Å²) in [5.41, 5.74) is 3.31. The summed E-state index contributed by atoms with van der Waals surface area (Å²) in [6.45, 7) is 4.70.